The van der Waals surface area contributed by atoms with Gasteiger partial charge in [-0.3, -0.25) is 0 Å². The predicted molar refractivity (Wildman–Crippen MR) is 115 cm³/mol. The van der Waals surface area contributed by atoms with E-state index >= 15 is 0 Å². The van der Waals surface area contributed by atoms with Crippen LogP contribution in [0.1, 0.15) is 45.1 Å². The van der Waals surface area contributed by atoms with Gasteiger partial charge in [0.25, 0.3) is 0 Å². The molecule has 0 saturated heterocycles. The maximum absolute atomic E-state index is 10.8. The van der Waals surface area contributed by atoms with E-state index in [0.717, 1.165) is 42.7 Å². The van der Waals surface area contributed by atoms with Crippen molar-refractivity contribution in [3.8, 4) is 11.5 Å². The zero-order valence-corrected chi connectivity index (χ0v) is 16.9. The fraction of sp³-hybridized carbons (Fsp3) is 0.360. The average molecular weight is 379 g/mol. The molecular weight excluding hydrogens is 348 g/mol. The largest absolute Gasteiger partial charge is 0.490 e. The molecule has 3 heteroatoms. The Morgan fingerprint density at radius 1 is 0.786 bits per heavy atom. The van der Waals surface area contributed by atoms with Gasteiger partial charge in [-0.1, -0.05) is 68.7 Å². The van der Waals surface area contributed by atoms with Gasteiger partial charge in [-0.15, -0.1) is 0 Å². The molecule has 1 unspecified atom stereocenters. The summed E-state index contributed by atoms with van der Waals surface area (Å²) in [5.41, 5.74) is 0.0763. The summed E-state index contributed by atoms with van der Waals surface area (Å²) >= 11 is 0. The molecule has 0 aliphatic carbocycles. The highest BCUT2D eigenvalue weighted by atomic mass is 16.5. The summed E-state index contributed by atoms with van der Waals surface area (Å²) < 4.78 is 11.7. The van der Waals surface area contributed by atoms with Crippen molar-refractivity contribution in [3.63, 3.8) is 0 Å². The SMILES string of the molecule is CCCCCC(C)(O)c1cccc(OCCOc2ccc3ccccc3c2)c1. The summed E-state index contributed by atoms with van der Waals surface area (Å²) in [6.07, 6.45) is 4.07. The lowest BCUT2D eigenvalue weighted by molar-refractivity contribution is 0.0446. The van der Waals surface area contributed by atoms with Crippen LogP contribution in [0.3, 0.4) is 0 Å². The highest BCUT2D eigenvalue weighted by Gasteiger charge is 2.22. The predicted octanol–water partition coefficient (Wildman–Crippen LogP) is 6.09. The smallest absolute Gasteiger partial charge is 0.122 e. The van der Waals surface area contributed by atoms with Gasteiger partial charge in [0, 0.05) is 0 Å². The lowest BCUT2D eigenvalue weighted by atomic mass is 9.90. The third-order valence-corrected chi connectivity index (χ3v) is 5.06. The van der Waals surface area contributed by atoms with Crippen LogP contribution in [0.4, 0.5) is 0 Å². The summed E-state index contributed by atoms with van der Waals surface area (Å²) in [5.74, 6) is 1.60. The Kier molecular flexibility index (Phi) is 6.94. The molecule has 0 radical (unpaired) electrons. The Morgan fingerprint density at radius 3 is 2.25 bits per heavy atom. The van der Waals surface area contributed by atoms with Crippen LogP contribution < -0.4 is 9.47 Å². The second-order valence-electron chi connectivity index (χ2n) is 7.46. The number of ether oxygens (including phenoxy) is 2. The van der Waals surface area contributed by atoms with E-state index < -0.39 is 5.60 Å². The van der Waals surface area contributed by atoms with Crippen molar-refractivity contribution in [2.45, 2.75) is 45.1 Å². The zero-order chi connectivity index (χ0) is 19.8. The first-order chi connectivity index (χ1) is 13.6. The van der Waals surface area contributed by atoms with Crippen molar-refractivity contribution in [1.29, 1.82) is 0 Å². The molecule has 0 bridgehead atoms. The minimum absolute atomic E-state index is 0.453. The topological polar surface area (TPSA) is 38.7 Å². The maximum atomic E-state index is 10.8. The molecule has 0 fully saturated rings. The standard InChI is InChI=1S/C25H30O3/c1-3-4-7-15-25(2,26)22-11-8-12-23(19-22)27-16-17-28-24-14-13-20-9-5-6-10-21(20)18-24/h5-6,8-14,18-19,26H,3-4,7,15-17H2,1-2H3. The third-order valence-electron chi connectivity index (χ3n) is 5.06. The van der Waals surface area contributed by atoms with Gasteiger partial charge < -0.3 is 14.6 Å². The molecular formula is C25H30O3. The zero-order valence-electron chi connectivity index (χ0n) is 16.9. The first-order valence-electron chi connectivity index (χ1n) is 10.2. The lowest BCUT2D eigenvalue weighted by Crippen LogP contribution is -2.21. The van der Waals surface area contributed by atoms with Gasteiger partial charge in [0.1, 0.15) is 24.7 Å². The monoisotopic (exact) mass is 378 g/mol. The van der Waals surface area contributed by atoms with Crippen molar-refractivity contribution in [1.82, 2.24) is 0 Å². The van der Waals surface area contributed by atoms with Crippen molar-refractivity contribution >= 4 is 10.8 Å². The summed E-state index contributed by atoms with van der Waals surface area (Å²) in [4.78, 5) is 0. The molecule has 3 aromatic rings. The van der Waals surface area contributed by atoms with E-state index in [1.807, 2.05) is 55.5 Å². The van der Waals surface area contributed by atoms with E-state index in [0.29, 0.717) is 13.2 Å². The highest BCUT2D eigenvalue weighted by molar-refractivity contribution is 5.83. The molecule has 3 rings (SSSR count). The van der Waals surface area contributed by atoms with Crippen LogP contribution >= 0.6 is 0 Å². The lowest BCUT2D eigenvalue weighted by Gasteiger charge is -2.24. The van der Waals surface area contributed by atoms with Crippen molar-refractivity contribution in [2.24, 2.45) is 0 Å². The molecule has 3 aromatic carbocycles. The van der Waals surface area contributed by atoms with Crippen molar-refractivity contribution in [3.05, 3.63) is 72.3 Å². The van der Waals surface area contributed by atoms with Crippen LogP contribution in [-0.2, 0) is 5.60 Å². The number of unbranched alkanes of at least 4 members (excludes halogenated alkanes) is 2. The van der Waals surface area contributed by atoms with Gasteiger partial charge in [0.05, 0.1) is 5.60 Å². The van der Waals surface area contributed by atoms with Gasteiger partial charge in [0.2, 0.25) is 0 Å². The molecule has 0 heterocycles. The minimum Gasteiger partial charge on any atom is -0.490 e. The normalized spacial score (nSPS) is 13.2. The van der Waals surface area contributed by atoms with Crippen LogP contribution in [-0.4, -0.2) is 18.3 Å². The molecule has 0 aliphatic heterocycles. The first kappa shape index (κ1) is 20.2. The molecule has 0 amide bonds. The molecule has 0 aliphatic rings. The number of rotatable bonds is 10. The Hall–Kier alpha value is -2.52. The van der Waals surface area contributed by atoms with E-state index in [1.54, 1.807) is 0 Å². The fourth-order valence-corrected chi connectivity index (χ4v) is 3.36. The quantitative estimate of drug-likeness (QED) is 0.434. The van der Waals surface area contributed by atoms with Gasteiger partial charge in [-0.05, 0) is 53.9 Å². The summed E-state index contributed by atoms with van der Waals surface area (Å²) in [6.45, 7) is 4.97. The second kappa shape index (κ2) is 9.61. The highest BCUT2D eigenvalue weighted by Crippen LogP contribution is 2.29. The number of hydrogen-bond acceptors (Lipinski definition) is 3. The number of hydrogen-bond donors (Lipinski definition) is 1. The third kappa shape index (κ3) is 5.49. The van der Waals surface area contributed by atoms with E-state index in [4.69, 9.17) is 9.47 Å². The summed E-state index contributed by atoms with van der Waals surface area (Å²) in [5, 5.41) is 13.1. The molecule has 0 saturated carbocycles. The van der Waals surface area contributed by atoms with Crippen LogP contribution in [0.15, 0.2) is 66.7 Å². The Morgan fingerprint density at radius 2 is 1.50 bits per heavy atom. The maximum Gasteiger partial charge on any atom is 0.122 e. The summed E-state index contributed by atoms with van der Waals surface area (Å²) in [6, 6.07) is 22.1. The summed E-state index contributed by atoms with van der Waals surface area (Å²) in [7, 11) is 0. The van der Waals surface area contributed by atoms with E-state index in [2.05, 4.69) is 25.1 Å². The van der Waals surface area contributed by atoms with Crippen LogP contribution in [0.5, 0.6) is 11.5 Å². The molecule has 0 spiro atoms. The van der Waals surface area contributed by atoms with Gasteiger partial charge in [-0.25, -0.2) is 0 Å². The Bertz CT molecular complexity index is 886. The Labute approximate surface area is 167 Å². The minimum atomic E-state index is -0.823. The second-order valence-corrected chi connectivity index (χ2v) is 7.46. The molecule has 1 atom stereocenters. The van der Waals surface area contributed by atoms with Crippen molar-refractivity contribution < 1.29 is 14.6 Å². The number of fused-ring (bicyclic) bond motifs is 1. The van der Waals surface area contributed by atoms with Crippen molar-refractivity contribution in [2.75, 3.05) is 13.2 Å². The van der Waals surface area contributed by atoms with Gasteiger partial charge in [0.15, 0.2) is 0 Å². The number of aliphatic hydroxyl groups is 1. The van der Waals surface area contributed by atoms with E-state index in [1.165, 1.54) is 10.8 Å². The number of benzene rings is 3. The molecule has 3 nitrogen and oxygen atoms in total. The Balaban J connectivity index is 1.51. The fourth-order valence-electron chi connectivity index (χ4n) is 3.36. The van der Waals surface area contributed by atoms with Gasteiger partial charge >= 0.3 is 0 Å². The van der Waals surface area contributed by atoms with Crippen LogP contribution in [0.25, 0.3) is 10.8 Å². The van der Waals surface area contributed by atoms with Gasteiger partial charge in [-0.2, -0.15) is 0 Å². The molecule has 1 N–H and O–H groups in total. The van der Waals surface area contributed by atoms with E-state index in [-0.39, 0.29) is 0 Å². The molecule has 28 heavy (non-hydrogen) atoms. The van der Waals surface area contributed by atoms with Crippen LogP contribution in [0.2, 0.25) is 0 Å². The van der Waals surface area contributed by atoms with E-state index in [9.17, 15) is 5.11 Å². The first-order valence-corrected chi connectivity index (χ1v) is 10.2. The molecule has 148 valence electrons. The van der Waals surface area contributed by atoms with Crippen LogP contribution in [0, 0.1) is 0 Å². The average Bonchev–Trinajstić information content (AvgIpc) is 2.71. The molecule has 0 aromatic heterocycles.